The number of ether oxygens (including phenoxy) is 1. The zero-order chi connectivity index (χ0) is 16.3. The molecule has 0 aliphatic carbocycles. The molecule has 0 saturated carbocycles. The summed E-state index contributed by atoms with van der Waals surface area (Å²) in [7, 11) is 0. The van der Waals surface area contributed by atoms with Gasteiger partial charge < -0.3 is 15.0 Å². The van der Waals surface area contributed by atoms with Crippen molar-refractivity contribution in [1.82, 2.24) is 10.2 Å². The number of halogens is 1. The van der Waals surface area contributed by atoms with Crippen molar-refractivity contribution in [3.05, 3.63) is 33.8 Å². The monoisotopic (exact) mass is 368 g/mol. The molecule has 1 aromatic rings. The first-order valence-electron chi connectivity index (χ1n) is 7.27. The largest absolute Gasteiger partial charge is 0.444 e. The number of hydrogen-bond donors (Lipinski definition) is 1. The molecular weight excluding hydrogens is 348 g/mol. The fraction of sp³-hybridized carbons (Fsp3) is 0.500. The van der Waals surface area contributed by atoms with Gasteiger partial charge in [0.05, 0.1) is 0 Å². The van der Waals surface area contributed by atoms with Gasteiger partial charge in [-0.1, -0.05) is 28.1 Å². The van der Waals surface area contributed by atoms with E-state index in [0.29, 0.717) is 13.1 Å². The van der Waals surface area contributed by atoms with Crippen molar-refractivity contribution < 1.29 is 14.3 Å². The van der Waals surface area contributed by atoms with Gasteiger partial charge in [0.25, 0.3) is 0 Å². The molecule has 2 rings (SSSR count). The number of fused-ring (bicyclic) bond motifs is 1. The van der Waals surface area contributed by atoms with Crippen LogP contribution >= 0.6 is 15.9 Å². The number of carbonyl (C=O) groups excluding carboxylic acids is 2. The SMILES string of the molecule is CC(C)(C)OC(=O)NCC(=O)N1CCc2c(Br)cccc2C1. The molecule has 0 radical (unpaired) electrons. The van der Waals surface area contributed by atoms with E-state index in [9.17, 15) is 9.59 Å². The smallest absolute Gasteiger partial charge is 0.408 e. The average molecular weight is 369 g/mol. The van der Waals surface area contributed by atoms with E-state index in [0.717, 1.165) is 16.5 Å². The normalized spacial score (nSPS) is 14.3. The highest BCUT2D eigenvalue weighted by Gasteiger charge is 2.23. The Hall–Kier alpha value is -1.56. The Labute approximate surface area is 139 Å². The number of nitrogens with one attached hydrogen (secondary N) is 1. The van der Waals surface area contributed by atoms with Crippen LogP contribution in [0.25, 0.3) is 0 Å². The van der Waals surface area contributed by atoms with Crippen molar-refractivity contribution in [2.45, 2.75) is 39.3 Å². The van der Waals surface area contributed by atoms with Crippen molar-refractivity contribution in [1.29, 1.82) is 0 Å². The molecule has 0 bridgehead atoms. The standard InChI is InChI=1S/C16H21BrN2O3/c1-16(2,3)22-15(21)18-9-14(20)19-8-7-12-11(10-19)5-4-6-13(12)17/h4-6H,7-10H2,1-3H3,(H,18,21). The van der Waals surface area contributed by atoms with Crippen molar-refractivity contribution in [2.75, 3.05) is 13.1 Å². The molecule has 1 heterocycles. The zero-order valence-electron chi connectivity index (χ0n) is 13.1. The van der Waals surface area contributed by atoms with Crippen LogP contribution in [0.1, 0.15) is 31.9 Å². The minimum absolute atomic E-state index is 0.0434. The van der Waals surface area contributed by atoms with E-state index < -0.39 is 11.7 Å². The molecule has 0 spiro atoms. The maximum absolute atomic E-state index is 12.2. The minimum Gasteiger partial charge on any atom is -0.444 e. The van der Waals surface area contributed by atoms with Crippen LogP contribution in [0.15, 0.2) is 22.7 Å². The third-order valence-corrected chi connectivity index (χ3v) is 4.09. The summed E-state index contributed by atoms with van der Waals surface area (Å²) in [6, 6.07) is 6.01. The second-order valence-electron chi connectivity index (χ2n) is 6.30. The van der Waals surface area contributed by atoms with Gasteiger partial charge in [0.2, 0.25) is 5.91 Å². The molecule has 1 aliphatic rings. The van der Waals surface area contributed by atoms with Crippen LogP contribution in [0.2, 0.25) is 0 Å². The quantitative estimate of drug-likeness (QED) is 0.872. The number of nitrogens with zero attached hydrogens (tertiary/aromatic N) is 1. The van der Waals surface area contributed by atoms with Crippen molar-refractivity contribution in [3.8, 4) is 0 Å². The highest BCUT2D eigenvalue weighted by molar-refractivity contribution is 9.10. The number of benzene rings is 1. The first-order chi connectivity index (χ1) is 10.3. The number of carbonyl (C=O) groups is 2. The third-order valence-electron chi connectivity index (χ3n) is 3.34. The van der Waals surface area contributed by atoms with Gasteiger partial charge >= 0.3 is 6.09 Å². The third kappa shape index (κ3) is 4.47. The lowest BCUT2D eigenvalue weighted by Crippen LogP contribution is -2.43. The summed E-state index contributed by atoms with van der Waals surface area (Å²) in [4.78, 5) is 25.5. The van der Waals surface area contributed by atoms with Crippen LogP contribution in [-0.4, -0.2) is 35.6 Å². The van der Waals surface area contributed by atoms with E-state index in [1.807, 2.05) is 18.2 Å². The lowest BCUT2D eigenvalue weighted by atomic mass is 10.00. The first-order valence-corrected chi connectivity index (χ1v) is 8.06. The van der Waals surface area contributed by atoms with Gasteiger partial charge in [-0.2, -0.15) is 0 Å². The molecule has 0 saturated heterocycles. The molecule has 22 heavy (non-hydrogen) atoms. The minimum atomic E-state index is -0.569. The Morgan fingerprint density at radius 2 is 2.09 bits per heavy atom. The van der Waals surface area contributed by atoms with E-state index in [1.54, 1.807) is 25.7 Å². The van der Waals surface area contributed by atoms with E-state index in [1.165, 1.54) is 5.56 Å². The Balaban J connectivity index is 1.88. The summed E-state index contributed by atoms with van der Waals surface area (Å²) in [5.74, 6) is -0.100. The summed E-state index contributed by atoms with van der Waals surface area (Å²) in [5.41, 5.74) is 1.83. The molecule has 0 unspecified atom stereocenters. The summed E-state index contributed by atoms with van der Waals surface area (Å²) in [6.45, 7) is 6.54. The van der Waals surface area contributed by atoms with Gasteiger partial charge in [-0.05, 0) is 44.4 Å². The fourth-order valence-corrected chi connectivity index (χ4v) is 2.96. The molecular formula is C16H21BrN2O3. The van der Waals surface area contributed by atoms with Crippen LogP contribution in [0.4, 0.5) is 4.79 Å². The second kappa shape index (κ2) is 6.69. The second-order valence-corrected chi connectivity index (χ2v) is 7.15. The topological polar surface area (TPSA) is 58.6 Å². The Bertz CT molecular complexity index is 581. The van der Waals surface area contributed by atoms with Crippen LogP contribution < -0.4 is 5.32 Å². The van der Waals surface area contributed by atoms with Crippen molar-refractivity contribution in [2.24, 2.45) is 0 Å². The predicted molar refractivity (Wildman–Crippen MR) is 87.5 cm³/mol. The molecule has 1 N–H and O–H groups in total. The average Bonchev–Trinajstić information content (AvgIpc) is 2.43. The maximum Gasteiger partial charge on any atom is 0.408 e. The fourth-order valence-electron chi connectivity index (χ4n) is 2.35. The molecule has 0 fully saturated rings. The predicted octanol–water partition coefficient (Wildman–Crippen LogP) is 2.86. The molecule has 120 valence electrons. The lowest BCUT2D eigenvalue weighted by Gasteiger charge is -2.29. The summed E-state index contributed by atoms with van der Waals surface area (Å²) < 4.78 is 6.21. The Morgan fingerprint density at radius 1 is 1.36 bits per heavy atom. The van der Waals surface area contributed by atoms with Gasteiger partial charge in [0.15, 0.2) is 0 Å². The maximum atomic E-state index is 12.2. The van der Waals surface area contributed by atoms with E-state index in [4.69, 9.17) is 4.74 Å². The van der Waals surface area contributed by atoms with Gasteiger partial charge in [-0.25, -0.2) is 4.79 Å². The van der Waals surface area contributed by atoms with Crippen LogP contribution in [0.3, 0.4) is 0 Å². The van der Waals surface area contributed by atoms with Gasteiger partial charge in [-0.15, -0.1) is 0 Å². The molecule has 0 atom stereocenters. The van der Waals surface area contributed by atoms with Gasteiger partial charge in [0.1, 0.15) is 12.1 Å². The molecule has 1 aromatic carbocycles. The van der Waals surface area contributed by atoms with E-state index in [2.05, 4.69) is 21.2 Å². The summed E-state index contributed by atoms with van der Waals surface area (Å²) in [6.07, 6.45) is 0.246. The Morgan fingerprint density at radius 3 is 2.77 bits per heavy atom. The zero-order valence-corrected chi connectivity index (χ0v) is 14.7. The summed E-state index contributed by atoms with van der Waals surface area (Å²) >= 11 is 3.54. The van der Waals surface area contributed by atoms with Crippen LogP contribution in [0, 0.1) is 0 Å². The molecule has 6 heteroatoms. The highest BCUT2D eigenvalue weighted by atomic mass is 79.9. The molecule has 1 aliphatic heterocycles. The van der Waals surface area contributed by atoms with Crippen LogP contribution in [-0.2, 0) is 22.5 Å². The molecule has 2 amide bonds. The summed E-state index contributed by atoms with van der Waals surface area (Å²) in [5, 5.41) is 2.51. The van der Waals surface area contributed by atoms with Crippen LogP contribution in [0.5, 0.6) is 0 Å². The molecule has 0 aromatic heterocycles. The lowest BCUT2D eigenvalue weighted by molar-refractivity contribution is -0.131. The first kappa shape index (κ1) is 16.8. The molecule has 5 nitrogen and oxygen atoms in total. The van der Waals surface area contributed by atoms with Gasteiger partial charge in [-0.3, -0.25) is 4.79 Å². The number of amides is 2. The van der Waals surface area contributed by atoms with Crippen molar-refractivity contribution >= 4 is 27.9 Å². The van der Waals surface area contributed by atoms with E-state index in [-0.39, 0.29) is 12.5 Å². The number of alkyl carbamates (subject to hydrolysis) is 1. The Kier molecular flexibility index (Phi) is 5.11. The number of hydrogen-bond acceptors (Lipinski definition) is 3. The van der Waals surface area contributed by atoms with E-state index >= 15 is 0 Å². The van der Waals surface area contributed by atoms with Gasteiger partial charge in [0, 0.05) is 17.6 Å². The highest BCUT2D eigenvalue weighted by Crippen LogP contribution is 2.26. The van der Waals surface area contributed by atoms with Crippen molar-refractivity contribution in [3.63, 3.8) is 0 Å². The number of rotatable bonds is 2.